The van der Waals surface area contributed by atoms with Crippen LogP contribution in [0.3, 0.4) is 0 Å². The van der Waals surface area contributed by atoms with Crippen LogP contribution in [0.5, 0.6) is 5.75 Å². The number of anilines is 1. The van der Waals surface area contributed by atoms with Crippen LogP contribution in [0.4, 0.5) is 11.4 Å². The normalized spacial score (nSPS) is 16.8. The standard InChI is InChI=1S/C14H19N3O5/c1-10(16-5-7-22-8-6-16)14(18)15-12-9-11(17(19)20)3-4-13(12)21-2/h3-4,9-10H,5-8H2,1-2H3,(H,15,18)/t10-/m1/s1. The van der Waals surface area contributed by atoms with Gasteiger partial charge in [-0.3, -0.25) is 19.8 Å². The zero-order chi connectivity index (χ0) is 16.1. The van der Waals surface area contributed by atoms with Gasteiger partial charge in [-0.25, -0.2) is 0 Å². The van der Waals surface area contributed by atoms with Crippen LogP contribution in [0.2, 0.25) is 0 Å². The molecule has 22 heavy (non-hydrogen) atoms. The fourth-order valence-corrected chi connectivity index (χ4v) is 2.27. The summed E-state index contributed by atoms with van der Waals surface area (Å²) in [6, 6.07) is 3.74. The lowest BCUT2D eigenvalue weighted by atomic mass is 10.2. The minimum Gasteiger partial charge on any atom is -0.495 e. The molecule has 1 aliphatic rings. The molecule has 0 unspecified atom stereocenters. The molecule has 1 aliphatic heterocycles. The first-order valence-electron chi connectivity index (χ1n) is 6.98. The SMILES string of the molecule is COc1ccc([N+](=O)[O-])cc1NC(=O)[C@@H](C)N1CCOCC1. The average Bonchev–Trinajstić information content (AvgIpc) is 2.54. The minimum atomic E-state index is -0.513. The van der Waals surface area contributed by atoms with E-state index in [9.17, 15) is 14.9 Å². The van der Waals surface area contributed by atoms with Crippen molar-refractivity contribution >= 4 is 17.3 Å². The quantitative estimate of drug-likeness (QED) is 0.650. The van der Waals surface area contributed by atoms with Crippen molar-refractivity contribution in [3.8, 4) is 5.75 Å². The number of hydrogen-bond donors (Lipinski definition) is 1. The van der Waals surface area contributed by atoms with Gasteiger partial charge in [0.05, 0.1) is 37.0 Å². The van der Waals surface area contributed by atoms with Crippen molar-refractivity contribution < 1.29 is 19.2 Å². The van der Waals surface area contributed by atoms with E-state index in [2.05, 4.69) is 5.32 Å². The number of nitro benzene ring substituents is 1. The molecule has 0 aromatic heterocycles. The number of hydrogen-bond acceptors (Lipinski definition) is 6. The number of amides is 1. The molecule has 120 valence electrons. The molecule has 0 bridgehead atoms. The molecule has 0 spiro atoms. The molecule has 8 heteroatoms. The maximum atomic E-state index is 12.3. The van der Waals surface area contributed by atoms with Gasteiger partial charge in [-0.15, -0.1) is 0 Å². The highest BCUT2D eigenvalue weighted by Gasteiger charge is 2.24. The lowest BCUT2D eigenvalue weighted by Gasteiger charge is -2.31. The highest BCUT2D eigenvalue weighted by atomic mass is 16.6. The maximum absolute atomic E-state index is 12.3. The third-order valence-corrected chi connectivity index (χ3v) is 3.62. The van der Waals surface area contributed by atoms with Crippen molar-refractivity contribution in [2.24, 2.45) is 0 Å². The van der Waals surface area contributed by atoms with Crippen LogP contribution < -0.4 is 10.1 Å². The van der Waals surface area contributed by atoms with Crippen LogP contribution in [-0.2, 0) is 9.53 Å². The summed E-state index contributed by atoms with van der Waals surface area (Å²) < 4.78 is 10.4. The second kappa shape index (κ2) is 7.19. The van der Waals surface area contributed by atoms with Gasteiger partial charge in [0.25, 0.3) is 5.69 Å². The van der Waals surface area contributed by atoms with Crippen LogP contribution in [0.1, 0.15) is 6.92 Å². The van der Waals surface area contributed by atoms with E-state index in [-0.39, 0.29) is 17.6 Å². The largest absolute Gasteiger partial charge is 0.495 e. The molecule has 1 fully saturated rings. The minimum absolute atomic E-state index is 0.102. The summed E-state index contributed by atoms with van der Waals surface area (Å²) in [4.78, 5) is 24.7. The molecule has 1 N–H and O–H groups in total. The number of nitrogens with one attached hydrogen (secondary N) is 1. The average molecular weight is 309 g/mol. The van der Waals surface area contributed by atoms with Gasteiger partial charge < -0.3 is 14.8 Å². The number of rotatable bonds is 5. The molecule has 1 amide bonds. The summed E-state index contributed by atoms with van der Waals surface area (Å²) in [6.07, 6.45) is 0. The maximum Gasteiger partial charge on any atom is 0.271 e. The summed E-state index contributed by atoms with van der Waals surface area (Å²) in [6.45, 7) is 4.35. The van der Waals surface area contributed by atoms with E-state index in [1.54, 1.807) is 6.92 Å². The van der Waals surface area contributed by atoms with Gasteiger partial charge in [-0.1, -0.05) is 0 Å². The van der Waals surface area contributed by atoms with E-state index in [1.165, 1.54) is 25.3 Å². The van der Waals surface area contributed by atoms with E-state index in [4.69, 9.17) is 9.47 Å². The molecule has 0 aliphatic carbocycles. The number of carbonyl (C=O) groups is 1. The third kappa shape index (κ3) is 3.71. The molecule has 1 saturated heterocycles. The molecule has 2 rings (SSSR count). The molecular weight excluding hydrogens is 290 g/mol. The fourth-order valence-electron chi connectivity index (χ4n) is 2.27. The molecule has 0 radical (unpaired) electrons. The van der Waals surface area contributed by atoms with Gasteiger partial charge in [0.1, 0.15) is 5.75 Å². The first-order chi connectivity index (χ1) is 10.5. The zero-order valence-electron chi connectivity index (χ0n) is 12.6. The second-order valence-electron chi connectivity index (χ2n) is 4.96. The number of carbonyl (C=O) groups excluding carboxylic acids is 1. The first kappa shape index (κ1) is 16.2. The summed E-state index contributed by atoms with van der Waals surface area (Å²) >= 11 is 0. The Labute approximate surface area is 128 Å². The van der Waals surface area contributed by atoms with Gasteiger partial charge in [0, 0.05) is 25.2 Å². The van der Waals surface area contributed by atoms with E-state index < -0.39 is 4.92 Å². The lowest BCUT2D eigenvalue weighted by Crippen LogP contribution is -2.47. The Morgan fingerprint density at radius 3 is 2.73 bits per heavy atom. The Morgan fingerprint density at radius 1 is 1.45 bits per heavy atom. The highest BCUT2D eigenvalue weighted by molar-refractivity contribution is 5.96. The Hall–Kier alpha value is -2.19. The van der Waals surface area contributed by atoms with E-state index >= 15 is 0 Å². The van der Waals surface area contributed by atoms with Gasteiger partial charge in [-0.2, -0.15) is 0 Å². The number of benzene rings is 1. The van der Waals surface area contributed by atoms with Crippen molar-refractivity contribution in [3.63, 3.8) is 0 Å². The molecule has 8 nitrogen and oxygen atoms in total. The number of non-ortho nitro benzene ring substituents is 1. The monoisotopic (exact) mass is 309 g/mol. The van der Waals surface area contributed by atoms with Crippen molar-refractivity contribution in [1.82, 2.24) is 4.90 Å². The fraction of sp³-hybridized carbons (Fsp3) is 0.500. The molecule has 1 aromatic rings. The molecule has 1 atom stereocenters. The number of nitro groups is 1. The van der Waals surface area contributed by atoms with Crippen LogP contribution in [0, 0.1) is 10.1 Å². The van der Waals surface area contributed by atoms with Crippen LogP contribution in [0.25, 0.3) is 0 Å². The molecule has 0 saturated carbocycles. The zero-order valence-corrected chi connectivity index (χ0v) is 12.6. The van der Waals surface area contributed by atoms with E-state index in [1.807, 2.05) is 4.90 Å². The predicted octanol–water partition coefficient (Wildman–Crippen LogP) is 1.26. The van der Waals surface area contributed by atoms with Crippen LogP contribution in [0.15, 0.2) is 18.2 Å². The second-order valence-corrected chi connectivity index (χ2v) is 4.96. The summed E-state index contributed by atoms with van der Waals surface area (Å²) in [7, 11) is 1.45. The first-order valence-corrected chi connectivity index (χ1v) is 6.98. The Kier molecular flexibility index (Phi) is 5.29. The van der Waals surface area contributed by atoms with Gasteiger partial charge >= 0.3 is 0 Å². The smallest absolute Gasteiger partial charge is 0.271 e. The van der Waals surface area contributed by atoms with Crippen molar-refractivity contribution in [1.29, 1.82) is 0 Å². The lowest BCUT2D eigenvalue weighted by molar-refractivity contribution is -0.384. The number of morpholine rings is 1. The van der Waals surface area contributed by atoms with E-state index in [0.29, 0.717) is 37.7 Å². The third-order valence-electron chi connectivity index (χ3n) is 3.62. The predicted molar refractivity (Wildman–Crippen MR) is 80.1 cm³/mol. The number of ether oxygens (including phenoxy) is 2. The number of nitrogens with zero attached hydrogens (tertiary/aromatic N) is 2. The topological polar surface area (TPSA) is 93.9 Å². The van der Waals surface area contributed by atoms with E-state index in [0.717, 1.165) is 0 Å². The summed E-state index contributed by atoms with van der Waals surface area (Å²) in [5.74, 6) is 0.147. The summed E-state index contributed by atoms with van der Waals surface area (Å²) in [5.41, 5.74) is 0.192. The Balaban J connectivity index is 2.12. The Bertz CT molecular complexity index is 557. The Morgan fingerprint density at radius 2 is 2.14 bits per heavy atom. The van der Waals surface area contributed by atoms with Crippen molar-refractivity contribution in [2.75, 3.05) is 38.7 Å². The van der Waals surface area contributed by atoms with Gasteiger partial charge in [0.15, 0.2) is 0 Å². The molecule has 1 heterocycles. The summed E-state index contributed by atoms with van der Waals surface area (Å²) in [5, 5.41) is 13.6. The van der Waals surface area contributed by atoms with Crippen molar-refractivity contribution in [2.45, 2.75) is 13.0 Å². The number of methoxy groups -OCH3 is 1. The van der Waals surface area contributed by atoms with Crippen molar-refractivity contribution in [3.05, 3.63) is 28.3 Å². The van der Waals surface area contributed by atoms with Gasteiger partial charge in [-0.05, 0) is 13.0 Å². The van der Waals surface area contributed by atoms with Gasteiger partial charge in [0.2, 0.25) is 5.91 Å². The van der Waals surface area contributed by atoms with Crippen LogP contribution in [-0.4, -0.2) is 55.2 Å². The molecular formula is C14H19N3O5. The van der Waals surface area contributed by atoms with Crippen LogP contribution >= 0.6 is 0 Å². The highest BCUT2D eigenvalue weighted by Crippen LogP contribution is 2.29. The molecule has 1 aromatic carbocycles.